The van der Waals surface area contributed by atoms with Gasteiger partial charge in [0.15, 0.2) is 11.5 Å². The molecule has 4 aromatic rings. The van der Waals surface area contributed by atoms with E-state index in [4.69, 9.17) is 9.47 Å². The molecule has 0 aliphatic carbocycles. The molecule has 0 fully saturated rings. The summed E-state index contributed by atoms with van der Waals surface area (Å²) >= 11 is 0. The molecular formula is C17H13N5O3. The van der Waals surface area contributed by atoms with Crippen LogP contribution in [0.15, 0.2) is 47.8 Å². The van der Waals surface area contributed by atoms with Crippen molar-refractivity contribution >= 4 is 16.7 Å². The number of ether oxygens (including phenoxy) is 2. The average Bonchev–Trinajstić information content (AvgIpc) is 3.13. The Kier molecular flexibility index (Phi) is 2.96. The Balaban J connectivity index is 1.58. The lowest BCUT2D eigenvalue weighted by Crippen LogP contribution is -2.21. The Morgan fingerprint density at radius 3 is 2.88 bits per heavy atom. The van der Waals surface area contributed by atoms with Crippen LogP contribution in [0, 0.1) is 0 Å². The number of nitrogens with zero attached hydrogens (tertiary/aromatic N) is 5. The molecule has 3 aromatic heterocycles. The third-order valence-corrected chi connectivity index (χ3v) is 4.21. The van der Waals surface area contributed by atoms with Crippen molar-refractivity contribution in [2.24, 2.45) is 0 Å². The molecule has 0 N–H and O–H groups in total. The molecule has 0 saturated heterocycles. The Morgan fingerprint density at radius 2 is 1.96 bits per heavy atom. The van der Waals surface area contributed by atoms with Crippen molar-refractivity contribution < 1.29 is 9.47 Å². The molecule has 0 atom stereocenters. The maximum atomic E-state index is 12.8. The Labute approximate surface area is 141 Å². The summed E-state index contributed by atoms with van der Waals surface area (Å²) in [5.74, 6) is 1.92. The predicted octanol–water partition coefficient (Wildman–Crippen LogP) is 1.26. The lowest BCUT2D eigenvalue weighted by atomic mass is 10.2. The summed E-state index contributed by atoms with van der Waals surface area (Å²) in [6.07, 6.45) is 4.72. The summed E-state index contributed by atoms with van der Waals surface area (Å²) in [6, 6.07) is 7.56. The number of benzene rings is 1. The smallest absolute Gasteiger partial charge is 0.261 e. The first-order valence-corrected chi connectivity index (χ1v) is 7.86. The van der Waals surface area contributed by atoms with Crippen LogP contribution in [0.2, 0.25) is 0 Å². The van der Waals surface area contributed by atoms with Gasteiger partial charge >= 0.3 is 0 Å². The molecule has 0 spiro atoms. The lowest BCUT2D eigenvalue weighted by Gasteiger charge is -2.19. The summed E-state index contributed by atoms with van der Waals surface area (Å²) in [4.78, 5) is 21.0. The SMILES string of the molecule is O=c1c2cnc3ncnn3c2ccn1Cc1ccc2c(c1)OCCO2. The molecule has 25 heavy (non-hydrogen) atoms. The Hall–Kier alpha value is -3.42. The topological polar surface area (TPSA) is 83.5 Å². The number of fused-ring (bicyclic) bond motifs is 4. The van der Waals surface area contributed by atoms with Crippen LogP contribution in [-0.2, 0) is 6.54 Å². The number of hydrogen-bond acceptors (Lipinski definition) is 6. The van der Waals surface area contributed by atoms with Gasteiger partial charge in [0, 0.05) is 12.4 Å². The molecule has 0 unspecified atom stereocenters. The Bertz CT molecular complexity index is 1160. The summed E-state index contributed by atoms with van der Waals surface area (Å²) in [7, 11) is 0. The quantitative estimate of drug-likeness (QED) is 0.548. The summed E-state index contributed by atoms with van der Waals surface area (Å²) in [5, 5.41) is 4.61. The van der Waals surface area contributed by atoms with Crippen molar-refractivity contribution in [2.45, 2.75) is 6.54 Å². The van der Waals surface area contributed by atoms with Gasteiger partial charge in [0.05, 0.1) is 17.4 Å². The van der Waals surface area contributed by atoms with Gasteiger partial charge in [-0.2, -0.15) is 14.6 Å². The lowest BCUT2D eigenvalue weighted by molar-refractivity contribution is 0.171. The van der Waals surface area contributed by atoms with Crippen LogP contribution >= 0.6 is 0 Å². The van der Waals surface area contributed by atoms with Crippen LogP contribution in [-0.4, -0.2) is 37.4 Å². The second-order valence-electron chi connectivity index (χ2n) is 5.76. The van der Waals surface area contributed by atoms with Gasteiger partial charge in [0.1, 0.15) is 19.5 Å². The van der Waals surface area contributed by atoms with E-state index < -0.39 is 0 Å². The average molecular weight is 335 g/mol. The number of hydrogen-bond donors (Lipinski definition) is 0. The molecule has 1 aliphatic rings. The maximum Gasteiger partial charge on any atom is 0.261 e. The highest BCUT2D eigenvalue weighted by atomic mass is 16.6. The Morgan fingerprint density at radius 1 is 1.08 bits per heavy atom. The molecule has 0 saturated carbocycles. The fraction of sp³-hybridized carbons (Fsp3) is 0.176. The second-order valence-corrected chi connectivity index (χ2v) is 5.76. The van der Waals surface area contributed by atoms with Crippen LogP contribution in [0.3, 0.4) is 0 Å². The fourth-order valence-corrected chi connectivity index (χ4v) is 3.01. The predicted molar refractivity (Wildman–Crippen MR) is 89.1 cm³/mol. The monoisotopic (exact) mass is 335 g/mol. The molecule has 8 nitrogen and oxygen atoms in total. The van der Waals surface area contributed by atoms with Crippen molar-refractivity contribution in [1.82, 2.24) is 24.1 Å². The zero-order valence-electron chi connectivity index (χ0n) is 13.1. The molecule has 4 heterocycles. The van der Waals surface area contributed by atoms with Crippen LogP contribution < -0.4 is 15.0 Å². The van der Waals surface area contributed by atoms with E-state index in [1.54, 1.807) is 21.5 Å². The van der Waals surface area contributed by atoms with Gasteiger partial charge < -0.3 is 14.0 Å². The van der Waals surface area contributed by atoms with E-state index in [2.05, 4.69) is 15.1 Å². The van der Waals surface area contributed by atoms with Gasteiger partial charge in [0.2, 0.25) is 0 Å². The van der Waals surface area contributed by atoms with Crippen LogP contribution in [0.4, 0.5) is 0 Å². The minimum absolute atomic E-state index is 0.128. The summed E-state index contributed by atoms with van der Waals surface area (Å²) < 4.78 is 14.3. The summed E-state index contributed by atoms with van der Waals surface area (Å²) in [6.45, 7) is 1.52. The third kappa shape index (κ3) is 2.22. The highest BCUT2D eigenvalue weighted by Gasteiger charge is 2.13. The van der Waals surface area contributed by atoms with Crippen molar-refractivity contribution in [3.8, 4) is 11.5 Å². The van der Waals surface area contributed by atoms with Gasteiger partial charge in [-0.15, -0.1) is 0 Å². The molecule has 124 valence electrons. The number of aromatic nitrogens is 5. The molecule has 1 aliphatic heterocycles. The van der Waals surface area contributed by atoms with Crippen molar-refractivity contribution in [2.75, 3.05) is 13.2 Å². The highest BCUT2D eigenvalue weighted by Crippen LogP contribution is 2.30. The molecule has 0 radical (unpaired) electrons. The van der Waals surface area contributed by atoms with E-state index in [1.807, 2.05) is 24.3 Å². The van der Waals surface area contributed by atoms with Crippen molar-refractivity contribution in [1.29, 1.82) is 0 Å². The molecule has 1 aromatic carbocycles. The minimum atomic E-state index is -0.128. The van der Waals surface area contributed by atoms with E-state index in [0.29, 0.717) is 42.2 Å². The summed E-state index contributed by atoms with van der Waals surface area (Å²) in [5.41, 5.74) is 1.52. The largest absolute Gasteiger partial charge is 0.486 e. The number of pyridine rings is 1. The van der Waals surface area contributed by atoms with Crippen LogP contribution in [0.1, 0.15) is 5.56 Å². The first-order valence-electron chi connectivity index (χ1n) is 7.86. The molecule has 0 amide bonds. The van der Waals surface area contributed by atoms with Crippen molar-refractivity contribution in [3.05, 3.63) is 58.9 Å². The third-order valence-electron chi connectivity index (χ3n) is 4.21. The minimum Gasteiger partial charge on any atom is -0.486 e. The first kappa shape index (κ1) is 14.0. The van der Waals surface area contributed by atoms with Crippen LogP contribution in [0.5, 0.6) is 11.5 Å². The zero-order chi connectivity index (χ0) is 16.8. The normalized spacial score (nSPS) is 13.4. The van der Waals surface area contributed by atoms with E-state index >= 15 is 0 Å². The molecule has 0 bridgehead atoms. The van der Waals surface area contributed by atoms with Gasteiger partial charge in [-0.1, -0.05) is 6.07 Å². The second kappa shape index (κ2) is 5.30. The van der Waals surface area contributed by atoms with Gasteiger partial charge in [-0.25, -0.2) is 4.98 Å². The molecular weight excluding hydrogens is 322 g/mol. The molecule has 8 heteroatoms. The molecule has 5 rings (SSSR count). The van der Waals surface area contributed by atoms with Gasteiger partial charge in [0.25, 0.3) is 11.3 Å². The maximum absolute atomic E-state index is 12.8. The standard InChI is InChI=1S/C17H13N5O3/c23-16-12-8-18-17-19-10-20-22(17)13(12)3-4-21(16)9-11-1-2-14-15(7-11)25-6-5-24-14/h1-4,7-8,10H,5-6,9H2. The van der Waals surface area contributed by atoms with Gasteiger partial charge in [-0.3, -0.25) is 4.79 Å². The highest BCUT2D eigenvalue weighted by molar-refractivity contribution is 5.78. The number of rotatable bonds is 2. The van der Waals surface area contributed by atoms with Crippen LogP contribution in [0.25, 0.3) is 16.7 Å². The zero-order valence-corrected chi connectivity index (χ0v) is 13.1. The van der Waals surface area contributed by atoms with E-state index in [1.165, 1.54) is 6.33 Å². The van der Waals surface area contributed by atoms with Gasteiger partial charge in [-0.05, 0) is 23.8 Å². The fourth-order valence-electron chi connectivity index (χ4n) is 3.01. The van der Waals surface area contributed by atoms with Crippen molar-refractivity contribution in [3.63, 3.8) is 0 Å². The van der Waals surface area contributed by atoms with E-state index in [9.17, 15) is 4.79 Å². The first-order chi connectivity index (χ1) is 12.3. The van der Waals surface area contributed by atoms with E-state index in [-0.39, 0.29) is 5.56 Å². The van der Waals surface area contributed by atoms with E-state index in [0.717, 1.165) is 11.3 Å².